The summed E-state index contributed by atoms with van der Waals surface area (Å²) >= 11 is 0. The summed E-state index contributed by atoms with van der Waals surface area (Å²) in [5, 5.41) is 3.46. The van der Waals surface area contributed by atoms with E-state index in [4.69, 9.17) is 0 Å². The Balaban J connectivity index is 2.22. The van der Waals surface area contributed by atoms with Crippen molar-refractivity contribution in [3.63, 3.8) is 0 Å². The number of likely N-dealkylation sites (N-methyl/N-ethyl adjacent to an activating group) is 1. The molecule has 1 heterocycles. The molecule has 2 aromatic rings. The van der Waals surface area contributed by atoms with Crippen LogP contribution in [0.4, 0.5) is 0 Å². The molecule has 1 aromatic carbocycles. The van der Waals surface area contributed by atoms with Crippen LogP contribution in [0.2, 0.25) is 0 Å². The average molecular weight is 284 g/mol. The Morgan fingerprint density at radius 1 is 1.05 bits per heavy atom. The van der Waals surface area contributed by atoms with Crippen LogP contribution < -0.4 is 10.9 Å². The highest BCUT2D eigenvalue weighted by Gasteiger charge is 2.12. The topological polar surface area (TPSA) is 34.0 Å². The van der Waals surface area contributed by atoms with Gasteiger partial charge in [-0.1, -0.05) is 51.1 Å². The Morgan fingerprint density at radius 3 is 2.29 bits per heavy atom. The van der Waals surface area contributed by atoms with E-state index in [0.29, 0.717) is 12.5 Å². The van der Waals surface area contributed by atoms with Gasteiger partial charge in [0.25, 0.3) is 5.56 Å². The molecular formula is C18H24N2O. The summed E-state index contributed by atoms with van der Waals surface area (Å²) in [6.45, 7) is 8.00. The molecule has 2 rings (SSSR count). The fraction of sp³-hybridized carbons (Fsp3) is 0.389. The molecule has 1 aromatic heterocycles. The second kappa shape index (κ2) is 7.23. The molecule has 112 valence electrons. The standard InChI is InChI=1S/C18H24N2O/c1-4-19-17(13-20-12-6-5-7-18(20)21)16-10-8-15(9-11-16)14(2)3/h5-12,14,17,19H,4,13H2,1-3H3. The first-order valence-corrected chi connectivity index (χ1v) is 7.60. The lowest BCUT2D eigenvalue weighted by molar-refractivity contribution is 0.467. The van der Waals surface area contributed by atoms with Gasteiger partial charge in [-0.2, -0.15) is 0 Å². The Labute approximate surface area is 126 Å². The van der Waals surface area contributed by atoms with Crippen molar-refractivity contribution in [3.05, 3.63) is 70.1 Å². The highest BCUT2D eigenvalue weighted by molar-refractivity contribution is 5.27. The molecule has 0 fully saturated rings. The normalized spacial score (nSPS) is 12.6. The smallest absolute Gasteiger partial charge is 0.250 e. The van der Waals surface area contributed by atoms with Crippen LogP contribution in [0.15, 0.2) is 53.5 Å². The number of rotatable bonds is 6. The lowest BCUT2D eigenvalue weighted by Crippen LogP contribution is -2.29. The molecule has 3 nitrogen and oxygen atoms in total. The molecule has 0 aliphatic heterocycles. The van der Waals surface area contributed by atoms with Gasteiger partial charge in [-0.3, -0.25) is 4.79 Å². The number of hydrogen-bond acceptors (Lipinski definition) is 2. The van der Waals surface area contributed by atoms with Crippen LogP contribution >= 0.6 is 0 Å². The largest absolute Gasteiger partial charge is 0.314 e. The van der Waals surface area contributed by atoms with Crippen LogP contribution in [0.25, 0.3) is 0 Å². The molecule has 3 heteroatoms. The third-order valence-electron chi connectivity index (χ3n) is 3.73. The summed E-state index contributed by atoms with van der Waals surface area (Å²) in [6.07, 6.45) is 1.84. The Hall–Kier alpha value is -1.87. The van der Waals surface area contributed by atoms with Gasteiger partial charge in [0.05, 0.1) is 6.04 Å². The first-order valence-electron chi connectivity index (χ1n) is 7.60. The van der Waals surface area contributed by atoms with Crippen molar-refractivity contribution in [2.24, 2.45) is 0 Å². The second-order valence-electron chi connectivity index (χ2n) is 5.62. The molecule has 0 amide bonds. The third-order valence-corrected chi connectivity index (χ3v) is 3.73. The molecular weight excluding hydrogens is 260 g/mol. The van der Waals surface area contributed by atoms with Crippen molar-refractivity contribution in [2.75, 3.05) is 6.54 Å². The number of nitrogens with one attached hydrogen (secondary N) is 1. The third kappa shape index (κ3) is 4.05. The molecule has 1 unspecified atom stereocenters. The Morgan fingerprint density at radius 2 is 1.71 bits per heavy atom. The van der Waals surface area contributed by atoms with Crippen molar-refractivity contribution in [1.29, 1.82) is 0 Å². The number of pyridine rings is 1. The molecule has 0 spiro atoms. The monoisotopic (exact) mass is 284 g/mol. The van der Waals surface area contributed by atoms with E-state index in [0.717, 1.165) is 6.54 Å². The molecule has 1 N–H and O–H groups in total. The first-order chi connectivity index (χ1) is 10.1. The van der Waals surface area contributed by atoms with E-state index in [2.05, 4.69) is 50.4 Å². The minimum atomic E-state index is 0.0409. The fourth-order valence-electron chi connectivity index (χ4n) is 2.46. The summed E-state index contributed by atoms with van der Waals surface area (Å²) < 4.78 is 1.75. The van der Waals surface area contributed by atoms with Crippen LogP contribution in [0.5, 0.6) is 0 Å². The quantitative estimate of drug-likeness (QED) is 0.883. The van der Waals surface area contributed by atoms with Gasteiger partial charge in [0.15, 0.2) is 0 Å². The van der Waals surface area contributed by atoms with E-state index < -0.39 is 0 Å². The molecule has 0 aliphatic carbocycles. The van der Waals surface area contributed by atoms with Crippen LogP contribution in [-0.4, -0.2) is 11.1 Å². The SMILES string of the molecule is CCNC(Cn1ccccc1=O)c1ccc(C(C)C)cc1. The Kier molecular flexibility index (Phi) is 5.34. The van der Waals surface area contributed by atoms with Gasteiger partial charge < -0.3 is 9.88 Å². The maximum absolute atomic E-state index is 11.9. The predicted molar refractivity (Wildman–Crippen MR) is 87.7 cm³/mol. The van der Waals surface area contributed by atoms with Crippen LogP contribution in [0.3, 0.4) is 0 Å². The van der Waals surface area contributed by atoms with Gasteiger partial charge in [0, 0.05) is 18.8 Å². The number of benzene rings is 1. The number of aromatic nitrogens is 1. The van der Waals surface area contributed by atoms with Crippen molar-refractivity contribution < 1.29 is 0 Å². The zero-order chi connectivity index (χ0) is 15.2. The van der Waals surface area contributed by atoms with Gasteiger partial charge in [-0.05, 0) is 29.7 Å². The molecule has 0 bridgehead atoms. The minimum Gasteiger partial charge on any atom is -0.314 e. The fourth-order valence-corrected chi connectivity index (χ4v) is 2.46. The molecule has 21 heavy (non-hydrogen) atoms. The zero-order valence-electron chi connectivity index (χ0n) is 13.0. The lowest BCUT2D eigenvalue weighted by atomic mass is 9.99. The molecule has 1 atom stereocenters. The van der Waals surface area contributed by atoms with Crippen molar-refractivity contribution in [3.8, 4) is 0 Å². The highest BCUT2D eigenvalue weighted by Crippen LogP contribution is 2.19. The van der Waals surface area contributed by atoms with E-state index >= 15 is 0 Å². The van der Waals surface area contributed by atoms with Crippen molar-refractivity contribution >= 4 is 0 Å². The van der Waals surface area contributed by atoms with Gasteiger partial charge in [0.2, 0.25) is 0 Å². The highest BCUT2D eigenvalue weighted by atomic mass is 16.1. The average Bonchev–Trinajstić information content (AvgIpc) is 2.49. The van der Waals surface area contributed by atoms with Crippen molar-refractivity contribution in [2.45, 2.75) is 39.3 Å². The summed E-state index contributed by atoms with van der Waals surface area (Å²) in [4.78, 5) is 11.9. The minimum absolute atomic E-state index is 0.0409. The summed E-state index contributed by atoms with van der Waals surface area (Å²) in [6, 6.07) is 14.1. The van der Waals surface area contributed by atoms with Gasteiger partial charge in [0.1, 0.15) is 0 Å². The summed E-state index contributed by atoms with van der Waals surface area (Å²) in [7, 11) is 0. The van der Waals surface area contributed by atoms with E-state index in [9.17, 15) is 4.79 Å². The van der Waals surface area contributed by atoms with E-state index in [1.54, 1.807) is 16.7 Å². The van der Waals surface area contributed by atoms with Crippen LogP contribution in [-0.2, 0) is 6.54 Å². The zero-order valence-corrected chi connectivity index (χ0v) is 13.0. The van der Waals surface area contributed by atoms with E-state index in [-0.39, 0.29) is 11.6 Å². The maximum atomic E-state index is 11.9. The lowest BCUT2D eigenvalue weighted by Gasteiger charge is -2.20. The van der Waals surface area contributed by atoms with Gasteiger partial charge in [-0.15, -0.1) is 0 Å². The molecule has 0 aliphatic rings. The first kappa shape index (κ1) is 15.5. The predicted octanol–water partition coefficient (Wildman–Crippen LogP) is 3.32. The van der Waals surface area contributed by atoms with Gasteiger partial charge in [-0.25, -0.2) is 0 Å². The number of hydrogen-bond donors (Lipinski definition) is 1. The molecule has 0 radical (unpaired) electrons. The van der Waals surface area contributed by atoms with Crippen molar-refractivity contribution in [1.82, 2.24) is 9.88 Å². The summed E-state index contributed by atoms with van der Waals surface area (Å²) in [5.41, 5.74) is 2.60. The van der Waals surface area contributed by atoms with Crippen LogP contribution in [0.1, 0.15) is 43.9 Å². The molecule has 0 saturated carbocycles. The van der Waals surface area contributed by atoms with E-state index in [1.807, 2.05) is 12.3 Å². The maximum Gasteiger partial charge on any atom is 0.250 e. The summed E-state index contributed by atoms with van der Waals surface area (Å²) in [5.74, 6) is 0.536. The second-order valence-corrected chi connectivity index (χ2v) is 5.62. The number of nitrogens with zero attached hydrogens (tertiary/aromatic N) is 1. The van der Waals surface area contributed by atoms with E-state index in [1.165, 1.54) is 11.1 Å². The molecule has 0 saturated heterocycles. The van der Waals surface area contributed by atoms with Crippen LogP contribution in [0, 0.1) is 0 Å². The van der Waals surface area contributed by atoms with Gasteiger partial charge >= 0.3 is 0 Å². The Bertz CT molecular complexity index is 614.